The Hall–Kier alpha value is -1.35. The van der Waals surface area contributed by atoms with Gasteiger partial charge in [0.2, 0.25) is 0 Å². The summed E-state index contributed by atoms with van der Waals surface area (Å²) in [4.78, 5) is 11.8. The molecule has 0 heterocycles. The number of hydrazone groups is 1. The molecule has 1 atom stereocenters. The molecule has 4 heteroatoms. The number of hydrogen-bond acceptors (Lipinski definition) is 2. The zero-order valence-corrected chi connectivity index (χ0v) is 11.2. The Balaban J connectivity index is 1.97. The largest absolute Gasteiger partial charge is 0.271 e. The highest BCUT2D eigenvalue weighted by Crippen LogP contribution is 2.21. The molecule has 0 saturated heterocycles. The molecule has 0 aliphatic heterocycles. The van der Waals surface area contributed by atoms with Gasteiger partial charge in [0.1, 0.15) is 0 Å². The van der Waals surface area contributed by atoms with Gasteiger partial charge in [-0.25, -0.2) is 5.43 Å². The minimum absolute atomic E-state index is 0.205. The van der Waals surface area contributed by atoms with Crippen LogP contribution in [0.15, 0.2) is 29.4 Å². The van der Waals surface area contributed by atoms with E-state index in [1.165, 1.54) is 6.42 Å². The highest BCUT2D eigenvalue weighted by atomic mass is 35.5. The molecule has 0 unspecified atom stereocenters. The van der Waals surface area contributed by atoms with Gasteiger partial charge in [0.15, 0.2) is 0 Å². The molecule has 1 aliphatic rings. The van der Waals surface area contributed by atoms with Crippen LogP contribution in [0.4, 0.5) is 0 Å². The topological polar surface area (TPSA) is 41.5 Å². The molecule has 1 aliphatic carbocycles. The zero-order valence-electron chi connectivity index (χ0n) is 10.4. The zero-order chi connectivity index (χ0) is 13.0. The van der Waals surface area contributed by atoms with Gasteiger partial charge in [-0.3, -0.25) is 4.79 Å². The predicted molar refractivity (Wildman–Crippen MR) is 74.0 cm³/mol. The van der Waals surface area contributed by atoms with E-state index in [0.29, 0.717) is 16.5 Å². The van der Waals surface area contributed by atoms with Gasteiger partial charge in [0, 0.05) is 16.3 Å². The van der Waals surface area contributed by atoms with E-state index in [4.69, 9.17) is 11.6 Å². The first-order chi connectivity index (χ1) is 8.65. The molecule has 0 spiro atoms. The molecule has 1 amide bonds. The second-order valence-corrected chi connectivity index (χ2v) is 5.27. The van der Waals surface area contributed by atoms with Gasteiger partial charge in [-0.2, -0.15) is 5.10 Å². The third-order valence-electron chi connectivity index (χ3n) is 3.15. The van der Waals surface area contributed by atoms with Crippen molar-refractivity contribution in [2.75, 3.05) is 0 Å². The van der Waals surface area contributed by atoms with Crippen molar-refractivity contribution in [1.29, 1.82) is 0 Å². The monoisotopic (exact) mass is 264 g/mol. The summed E-state index contributed by atoms with van der Waals surface area (Å²) in [6.45, 7) is 2.22. The number of amides is 1. The Labute approximate surface area is 112 Å². The van der Waals surface area contributed by atoms with Crippen LogP contribution >= 0.6 is 11.6 Å². The van der Waals surface area contributed by atoms with Gasteiger partial charge in [0.25, 0.3) is 5.91 Å². The van der Waals surface area contributed by atoms with Gasteiger partial charge < -0.3 is 0 Å². The Morgan fingerprint density at radius 1 is 1.50 bits per heavy atom. The molecule has 1 saturated carbocycles. The van der Waals surface area contributed by atoms with Gasteiger partial charge >= 0.3 is 0 Å². The lowest BCUT2D eigenvalue weighted by Crippen LogP contribution is -2.22. The summed E-state index contributed by atoms with van der Waals surface area (Å²) in [5, 5.41) is 4.77. The summed E-state index contributed by atoms with van der Waals surface area (Å²) in [5.74, 6) is 0.462. The van der Waals surface area contributed by atoms with E-state index in [-0.39, 0.29) is 5.91 Å². The molecule has 1 N–H and O–H groups in total. The number of hydrogen-bond donors (Lipinski definition) is 1. The van der Waals surface area contributed by atoms with Crippen LogP contribution in [0.1, 0.15) is 43.0 Å². The predicted octanol–water partition coefficient (Wildman–Crippen LogP) is 3.64. The van der Waals surface area contributed by atoms with Crippen molar-refractivity contribution in [3.05, 3.63) is 34.9 Å². The molecule has 0 radical (unpaired) electrons. The van der Waals surface area contributed by atoms with Crippen molar-refractivity contribution in [3.63, 3.8) is 0 Å². The third-order valence-corrected chi connectivity index (χ3v) is 3.38. The van der Waals surface area contributed by atoms with Crippen molar-refractivity contribution in [2.45, 2.75) is 32.6 Å². The Kier molecular flexibility index (Phi) is 4.37. The molecular formula is C14H17ClN2O. The number of nitrogens with one attached hydrogen (secondary N) is 1. The van der Waals surface area contributed by atoms with Crippen molar-refractivity contribution in [2.24, 2.45) is 11.0 Å². The molecule has 96 valence electrons. The van der Waals surface area contributed by atoms with Gasteiger partial charge in [-0.15, -0.1) is 0 Å². The first kappa shape index (κ1) is 13.1. The Morgan fingerprint density at radius 2 is 2.33 bits per heavy atom. The smallest absolute Gasteiger partial charge is 0.267 e. The van der Waals surface area contributed by atoms with Crippen LogP contribution in [0.3, 0.4) is 0 Å². The van der Waals surface area contributed by atoms with E-state index in [1.54, 1.807) is 24.3 Å². The summed E-state index contributed by atoms with van der Waals surface area (Å²) in [7, 11) is 0. The fourth-order valence-corrected chi connectivity index (χ4v) is 2.38. The van der Waals surface area contributed by atoms with Gasteiger partial charge in [0.05, 0.1) is 0 Å². The fourth-order valence-electron chi connectivity index (χ4n) is 2.19. The maximum Gasteiger partial charge on any atom is 0.271 e. The second-order valence-electron chi connectivity index (χ2n) is 4.83. The normalized spacial score (nSPS) is 21.9. The van der Waals surface area contributed by atoms with Crippen LogP contribution in [0.25, 0.3) is 0 Å². The number of halogens is 1. The van der Waals surface area contributed by atoms with E-state index >= 15 is 0 Å². The van der Waals surface area contributed by atoms with Gasteiger partial charge in [-0.05, 0) is 49.8 Å². The number of carbonyl (C=O) groups is 1. The van der Waals surface area contributed by atoms with Crippen LogP contribution in [0.5, 0.6) is 0 Å². The quantitative estimate of drug-likeness (QED) is 0.814. The lowest BCUT2D eigenvalue weighted by Gasteiger charge is -2.18. The minimum Gasteiger partial charge on any atom is -0.267 e. The van der Waals surface area contributed by atoms with E-state index in [0.717, 1.165) is 25.0 Å². The maximum absolute atomic E-state index is 11.8. The minimum atomic E-state index is -0.205. The second kappa shape index (κ2) is 6.01. The molecule has 1 fully saturated rings. The first-order valence-electron chi connectivity index (χ1n) is 6.26. The summed E-state index contributed by atoms with van der Waals surface area (Å²) >= 11 is 5.84. The van der Waals surface area contributed by atoms with Crippen LogP contribution < -0.4 is 5.43 Å². The number of carbonyl (C=O) groups excluding carboxylic acids is 1. The Bertz CT molecular complexity index is 471. The van der Waals surface area contributed by atoms with Crippen molar-refractivity contribution >= 4 is 23.2 Å². The number of benzene rings is 1. The lowest BCUT2D eigenvalue weighted by molar-refractivity contribution is 0.0954. The van der Waals surface area contributed by atoms with E-state index in [1.807, 2.05) is 0 Å². The fraction of sp³-hybridized carbons (Fsp3) is 0.429. The summed E-state index contributed by atoms with van der Waals surface area (Å²) < 4.78 is 0. The molecule has 3 nitrogen and oxygen atoms in total. The number of nitrogens with zero attached hydrogens (tertiary/aromatic N) is 1. The maximum atomic E-state index is 11.8. The van der Waals surface area contributed by atoms with E-state index in [2.05, 4.69) is 17.5 Å². The molecule has 0 bridgehead atoms. The molecule has 1 aromatic rings. The Morgan fingerprint density at radius 3 is 3.06 bits per heavy atom. The lowest BCUT2D eigenvalue weighted by atomic mass is 9.89. The molecule has 1 aromatic carbocycles. The summed E-state index contributed by atoms with van der Waals surface area (Å²) in [6.07, 6.45) is 4.38. The standard InChI is InChI=1S/C14H17ClN2O/c1-10-4-2-7-13(8-10)16-17-14(18)11-5-3-6-12(15)9-11/h3,5-6,9-10H,2,4,7-8H2,1H3,(H,17,18)/b16-13-/t10-/m0/s1. The summed E-state index contributed by atoms with van der Waals surface area (Å²) in [5.41, 5.74) is 4.23. The van der Waals surface area contributed by atoms with Crippen LogP contribution in [0.2, 0.25) is 5.02 Å². The van der Waals surface area contributed by atoms with Crippen LogP contribution in [0, 0.1) is 5.92 Å². The highest BCUT2D eigenvalue weighted by Gasteiger charge is 2.14. The van der Waals surface area contributed by atoms with Crippen molar-refractivity contribution in [3.8, 4) is 0 Å². The van der Waals surface area contributed by atoms with Gasteiger partial charge in [-0.1, -0.05) is 24.6 Å². The average Bonchev–Trinajstić information content (AvgIpc) is 2.36. The molecule has 2 rings (SSSR count). The molecule has 0 aromatic heterocycles. The average molecular weight is 265 g/mol. The first-order valence-corrected chi connectivity index (χ1v) is 6.64. The van der Waals surface area contributed by atoms with E-state index < -0.39 is 0 Å². The molecular weight excluding hydrogens is 248 g/mol. The summed E-state index contributed by atoms with van der Waals surface area (Å²) in [6, 6.07) is 6.87. The SMILES string of the molecule is C[C@H]1CCC/C(=N/NC(=O)c2cccc(Cl)c2)C1. The van der Waals surface area contributed by atoms with Crippen molar-refractivity contribution in [1.82, 2.24) is 5.43 Å². The third kappa shape index (κ3) is 3.57. The molecule has 18 heavy (non-hydrogen) atoms. The van der Waals surface area contributed by atoms with Crippen LogP contribution in [-0.2, 0) is 0 Å². The van der Waals surface area contributed by atoms with Crippen LogP contribution in [-0.4, -0.2) is 11.6 Å². The highest BCUT2D eigenvalue weighted by molar-refractivity contribution is 6.30. The number of rotatable bonds is 2. The van der Waals surface area contributed by atoms with E-state index in [9.17, 15) is 4.79 Å². The van der Waals surface area contributed by atoms with Crippen molar-refractivity contribution < 1.29 is 4.79 Å².